The predicted octanol–water partition coefficient (Wildman–Crippen LogP) is 1.04. The summed E-state index contributed by atoms with van der Waals surface area (Å²) in [5.41, 5.74) is 0.396. The Kier molecular flexibility index (Phi) is 6.91. The first-order valence-electron chi connectivity index (χ1n) is 8.07. The third kappa shape index (κ3) is 6.11. The SMILES string of the molecule is CCOC(=O)CC(=O)Nc1ccc(S(=O)(=O)NCC2CCCO2)cc1. The standard InChI is InChI=1S/C16H22N2O6S/c1-2-23-16(20)10-15(19)18-12-5-7-14(8-6-12)25(21,22)17-11-13-4-3-9-24-13/h5-8,13,17H,2-4,9-11H2,1H3,(H,18,19). The van der Waals surface area contributed by atoms with Gasteiger partial charge in [0.1, 0.15) is 6.42 Å². The first kappa shape index (κ1) is 19.4. The van der Waals surface area contributed by atoms with Crippen LogP contribution in [0.2, 0.25) is 0 Å². The van der Waals surface area contributed by atoms with Crippen molar-refractivity contribution in [1.82, 2.24) is 4.72 Å². The van der Waals surface area contributed by atoms with Crippen LogP contribution in [0.25, 0.3) is 0 Å². The lowest BCUT2D eigenvalue weighted by atomic mass is 10.2. The minimum absolute atomic E-state index is 0.0868. The van der Waals surface area contributed by atoms with Gasteiger partial charge in [-0.25, -0.2) is 13.1 Å². The molecule has 138 valence electrons. The average molecular weight is 370 g/mol. The van der Waals surface area contributed by atoms with Gasteiger partial charge in [-0.1, -0.05) is 0 Å². The summed E-state index contributed by atoms with van der Waals surface area (Å²) in [6.07, 6.45) is 1.30. The molecule has 2 rings (SSSR count). The molecule has 1 aromatic carbocycles. The summed E-state index contributed by atoms with van der Waals surface area (Å²) in [5.74, 6) is -1.14. The first-order valence-corrected chi connectivity index (χ1v) is 9.56. The van der Waals surface area contributed by atoms with Gasteiger partial charge in [0.15, 0.2) is 0 Å². The van der Waals surface area contributed by atoms with Crippen LogP contribution in [0.1, 0.15) is 26.2 Å². The van der Waals surface area contributed by atoms with Crippen molar-refractivity contribution in [2.45, 2.75) is 37.2 Å². The van der Waals surface area contributed by atoms with Crippen LogP contribution < -0.4 is 10.0 Å². The Bertz CT molecular complexity index is 696. The van der Waals surface area contributed by atoms with E-state index in [4.69, 9.17) is 4.74 Å². The number of benzene rings is 1. The van der Waals surface area contributed by atoms with Gasteiger partial charge in [0.05, 0.1) is 17.6 Å². The molecule has 1 aromatic rings. The van der Waals surface area contributed by atoms with Crippen LogP contribution >= 0.6 is 0 Å². The van der Waals surface area contributed by atoms with Crippen LogP contribution in [0.5, 0.6) is 0 Å². The van der Waals surface area contributed by atoms with E-state index in [0.717, 1.165) is 12.8 Å². The maximum atomic E-state index is 12.2. The van der Waals surface area contributed by atoms with Crippen molar-refractivity contribution in [1.29, 1.82) is 0 Å². The van der Waals surface area contributed by atoms with Gasteiger partial charge in [-0.2, -0.15) is 0 Å². The molecule has 1 aliphatic rings. The maximum absolute atomic E-state index is 12.2. The third-order valence-corrected chi connectivity index (χ3v) is 5.02. The Hall–Kier alpha value is -1.97. The average Bonchev–Trinajstić information content (AvgIpc) is 3.07. The minimum Gasteiger partial charge on any atom is -0.466 e. The van der Waals surface area contributed by atoms with Gasteiger partial charge in [0, 0.05) is 18.8 Å². The number of amides is 1. The number of esters is 1. The van der Waals surface area contributed by atoms with E-state index in [9.17, 15) is 18.0 Å². The summed E-state index contributed by atoms with van der Waals surface area (Å²) in [7, 11) is -3.64. The summed E-state index contributed by atoms with van der Waals surface area (Å²) < 4.78 is 37.0. The number of carbonyl (C=O) groups excluding carboxylic acids is 2. The van der Waals surface area contributed by atoms with Gasteiger partial charge >= 0.3 is 5.97 Å². The van der Waals surface area contributed by atoms with E-state index in [-0.39, 0.29) is 24.2 Å². The van der Waals surface area contributed by atoms with Crippen LogP contribution in [-0.2, 0) is 29.1 Å². The summed E-state index contributed by atoms with van der Waals surface area (Å²) in [6, 6.07) is 5.70. The van der Waals surface area contributed by atoms with Crippen molar-refractivity contribution >= 4 is 27.6 Å². The van der Waals surface area contributed by atoms with Crippen LogP contribution in [0.4, 0.5) is 5.69 Å². The lowest BCUT2D eigenvalue weighted by molar-refractivity contribution is -0.145. The van der Waals surface area contributed by atoms with Crippen molar-refractivity contribution < 1.29 is 27.5 Å². The van der Waals surface area contributed by atoms with Crippen LogP contribution in [0, 0.1) is 0 Å². The highest BCUT2D eigenvalue weighted by Gasteiger charge is 2.20. The zero-order chi connectivity index (χ0) is 18.3. The number of carbonyl (C=O) groups is 2. The number of hydrogen-bond donors (Lipinski definition) is 2. The van der Waals surface area contributed by atoms with Gasteiger partial charge < -0.3 is 14.8 Å². The molecule has 2 N–H and O–H groups in total. The largest absolute Gasteiger partial charge is 0.466 e. The molecule has 0 saturated carbocycles. The topological polar surface area (TPSA) is 111 Å². The molecule has 8 nitrogen and oxygen atoms in total. The number of rotatable bonds is 8. The molecule has 1 saturated heterocycles. The second-order valence-electron chi connectivity index (χ2n) is 5.54. The maximum Gasteiger partial charge on any atom is 0.315 e. The Labute approximate surface area is 146 Å². The summed E-state index contributed by atoms with van der Waals surface area (Å²) in [6.45, 7) is 2.76. The monoisotopic (exact) mass is 370 g/mol. The number of anilines is 1. The molecule has 0 bridgehead atoms. The Morgan fingerprint density at radius 2 is 2.00 bits per heavy atom. The first-order chi connectivity index (χ1) is 11.9. The highest BCUT2D eigenvalue weighted by atomic mass is 32.2. The summed E-state index contributed by atoms with van der Waals surface area (Å²) in [4.78, 5) is 23.0. The Morgan fingerprint density at radius 1 is 1.28 bits per heavy atom. The zero-order valence-electron chi connectivity index (χ0n) is 14.0. The van der Waals surface area contributed by atoms with E-state index in [2.05, 4.69) is 14.8 Å². The fourth-order valence-electron chi connectivity index (χ4n) is 2.36. The second-order valence-corrected chi connectivity index (χ2v) is 7.31. The quantitative estimate of drug-likeness (QED) is 0.522. The summed E-state index contributed by atoms with van der Waals surface area (Å²) in [5, 5.41) is 2.51. The lowest BCUT2D eigenvalue weighted by Crippen LogP contribution is -2.31. The van der Waals surface area contributed by atoms with Crippen LogP contribution in [0.15, 0.2) is 29.2 Å². The number of nitrogens with one attached hydrogen (secondary N) is 2. The zero-order valence-corrected chi connectivity index (χ0v) is 14.8. The van der Waals surface area contributed by atoms with Gasteiger partial charge in [0.2, 0.25) is 15.9 Å². The van der Waals surface area contributed by atoms with E-state index in [0.29, 0.717) is 12.3 Å². The minimum atomic E-state index is -3.64. The normalized spacial score (nSPS) is 17.2. The highest BCUT2D eigenvalue weighted by Crippen LogP contribution is 2.16. The molecule has 1 atom stereocenters. The fraction of sp³-hybridized carbons (Fsp3) is 0.500. The molecule has 1 heterocycles. The Morgan fingerprint density at radius 3 is 2.60 bits per heavy atom. The lowest BCUT2D eigenvalue weighted by Gasteiger charge is -2.12. The number of sulfonamides is 1. The molecule has 0 aromatic heterocycles. The molecule has 1 fully saturated rings. The summed E-state index contributed by atoms with van der Waals surface area (Å²) >= 11 is 0. The molecule has 1 amide bonds. The second kappa shape index (κ2) is 8.93. The molecular formula is C16H22N2O6S. The fourth-order valence-corrected chi connectivity index (χ4v) is 3.42. The highest BCUT2D eigenvalue weighted by molar-refractivity contribution is 7.89. The van der Waals surface area contributed by atoms with Crippen LogP contribution in [-0.4, -0.2) is 46.2 Å². The van der Waals surface area contributed by atoms with E-state index in [1.54, 1.807) is 6.92 Å². The molecular weight excluding hydrogens is 348 g/mol. The van der Waals surface area contributed by atoms with Crippen molar-refractivity contribution in [2.75, 3.05) is 25.1 Å². The molecule has 1 aliphatic heterocycles. The molecule has 1 unspecified atom stereocenters. The van der Waals surface area contributed by atoms with Crippen molar-refractivity contribution in [3.05, 3.63) is 24.3 Å². The van der Waals surface area contributed by atoms with E-state index >= 15 is 0 Å². The van der Waals surface area contributed by atoms with Gasteiger partial charge in [-0.15, -0.1) is 0 Å². The van der Waals surface area contributed by atoms with Gasteiger partial charge in [0.25, 0.3) is 0 Å². The number of ether oxygens (including phenoxy) is 2. The van der Waals surface area contributed by atoms with Gasteiger partial charge in [-0.05, 0) is 44.0 Å². The van der Waals surface area contributed by atoms with E-state index in [1.165, 1.54) is 24.3 Å². The molecule has 0 spiro atoms. The molecule has 9 heteroatoms. The van der Waals surface area contributed by atoms with Crippen LogP contribution in [0.3, 0.4) is 0 Å². The van der Waals surface area contributed by atoms with Gasteiger partial charge in [-0.3, -0.25) is 9.59 Å². The van der Waals surface area contributed by atoms with E-state index in [1.807, 2.05) is 0 Å². The van der Waals surface area contributed by atoms with Crippen molar-refractivity contribution in [3.8, 4) is 0 Å². The Balaban J connectivity index is 1.89. The van der Waals surface area contributed by atoms with Crippen molar-refractivity contribution in [2.24, 2.45) is 0 Å². The molecule has 0 aliphatic carbocycles. The van der Waals surface area contributed by atoms with Crippen molar-refractivity contribution in [3.63, 3.8) is 0 Å². The van der Waals surface area contributed by atoms with E-state index < -0.39 is 28.3 Å². The number of hydrogen-bond acceptors (Lipinski definition) is 6. The molecule has 25 heavy (non-hydrogen) atoms. The smallest absolute Gasteiger partial charge is 0.315 e. The predicted molar refractivity (Wildman–Crippen MR) is 90.5 cm³/mol. The molecule has 0 radical (unpaired) electrons. The third-order valence-electron chi connectivity index (χ3n) is 3.58.